The maximum absolute atomic E-state index is 11.9. The van der Waals surface area contributed by atoms with Crippen LogP contribution in [0.5, 0.6) is 5.75 Å². The monoisotopic (exact) mass is 413 g/mol. The van der Waals surface area contributed by atoms with Crippen molar-refractivity contribution in [1.82, 2.24) is 10.2 Å². The van der Waals surface area contributed by atoms with Crippen molar-refractivity contribution in [3.63, 3.8) is 0 Å². The van der Waals surface area contributed by atoms with Gasteiger partial charge >= 0.3 is 0 Å². The maximum Gasteiger partial charge on any atom is 0.264 e. The van der Waals surface area contributed by atoms with Gasteiger partial charge in [0.15, 0.2) is 10.9 Å². The van der Waals surface area contributed by atoms with E-state index in [9.17, 15) is 4.79 Å². The molecule has 2 rings (SSSR count). The van der Waals surface area contributed by atoms with Crippen LogP contribution in [0.3, 0.4) is 0 Å². The van der Waals surface area contributed by atoms with E-state index < -0.39 is 0 Å². The summed E-state index contributed by atoms with van der Waals surface area (Å²) in [5.41, 5.74) is 1.20. The number of anilines is 1. The van der Waals surface area contributed by atoms with Crippen LogP contribution in [0.4, 0.5) is 5.13 Å². The van der Waals surface area contributed by atoms with Gasteiger partial charge in [-0.25, -0.2) is 0 Å². The molecule has 0 bridgehead atoms. The average Bonchev–Trinajstić information content (AvgIpc) is 2.99. The lowest BCUT2D eigenvalue weighted by Crippen LogP contribution is -2.20. The number of benzene rings is 1. The molecule has 0 unspecified atom stereocenters. The first-order chi connectivity index (χ1) is 11.1. The van der Waals surface area contributed by atoms with E-state index in [-0.39, 0.29) is 12.5 Å². The van der Waals surface area contributed by atoms with Crippen molar-refractivity contribution >= 4 is 50.1 Å². The number of thioether (sulfide) groups is 1. The zero-order valence-corrected chi connectivity index (χ0v) is 15.8. The summed E-state index contributed by atoms with van der Waals surface area (Å²) in [7, 11) is 0. The number of rotatable bonds is 8. The Morgan fingerprint density at radius 3 is 3.04 bits per heavy atom. The molecular formula is C15H16BrN3O2S2. The molecule has 5 nitrogen and oxygen atoms in total. The van der Waals surface area contributed by atoms with Crippen LogP contribution in [0.1, 0.15) is 12.5 Å². The second-order valence-electron chi connectivity index (χ2n) is 4.43. The molecule has 0 saturated heterocycles. The zero-order valence-electron chi connectivity index (χ0n) is 12.5. The van der Waals surface area contributed by atoms with E-state index >= 15 is 0 Å². The molecule has 0 aliphatic carbocycles. The average molecular weight is 414 g/mol. The summed E-state index contributed by atoms with van der Waals surface area (Å²) >= 11 is 6.29. The Bertz CT molecular complexity index is 691. The predicted octanol–water partition coefficient (Wildman–Crippen LogP) is 4.16. The molecule has 0 fully saturated rings. The largest absolute Gasteiger partial charge is 0.483 e. The number of aryl methyl sites for hydroxylation is 1. The number of amides is 1. The Balaban J connectivity index is 1.85. The zero-order chi connectivity index (χ0) is 16.7. The highest BCUT2D eigenvalue weighted by Crippen LogP contribution is 2.27. The van der Waals surface area contributed by atoms with Gasteiger partial charge in [-0.1, -0.05) is 42.2 Å². The molecule has 0 radical (unpaired) electrons. The number of aromatic nitrogens is 2. The molecule has 122 valence electrons. The van der Waals surface area contributed by atoms with Crippen molar-refractivity contribution in [2.24, 2.45) is 0 Å². The second-order valence-corrected chi connectivity index (χ2v) is 7.53. The molecule has 8 heteroatoms. The van der Waals surface area contributed by atoms with Crippen LogP contribution in [-0.2, 0) is 11.2 Å². The molecule has 2 aromatic rings. The van der Waals surface area contributed by atoms with Crippen LogP contribution >= 0.6 is 39.0 Å². The molecule has 1 aromatic carbocycles. The summed E-state index contributed by atoms with van der Waals surface area (Å²) < 4.78 is 7.15. The highest BCUT2D eigenvalue weighted by molar-refractivity contribution is 9.10. The van der Waals surface area contributed by atoms with Gasteiger partial charge in [0.25, 0.3) is 5.91 Å². The van der Waals surface area contributed by atoms with E-state index in [1.165, 1.54) is 28.7 Å². The number of hydrogen-bond acceptors (Lipinski definition) is 6. The van der Waals surface area contributed by atoms with Crippen molar-refractivity contribution in [3.8, 4) is 5.75 Å². The smallest absolute Gasteiger partial charge is 0.264 e. The predicted molar refractivity (Wildman–Crippen MR) is 98.5 cm³/mol. The van der Waals surface area contributed by atoms with Crippen LogP contribution in [-0.4, -0.2) is 28.5 Å². The van der Waals surface area contributed by atoms with Gasteiger partial charge in [-0.05, 0) is 40.0 Å². The third kappa shape index (κ3) is 5.63. The minimum Gasteiger partial charge on any atom is -0.483 e. The highest BCUT2D eigenvalue weighted by atomic mass is 79.9. The van der Waals surface area contributed by atoms with Gasteiger partial charge in [0.05, 0.1) is 4.47 Å². The van der Waals surface area contributed by atoms with Gasteiger partial charge in [-0.3, -0.25) is 10.1 Å². The highest BCUT2D eigenvalue weighted by Gasteiger charge is 2.10. The van der Waals surface area contributed by atoms with E-state index in [1.807, 2.05) is 18.2 Å². The third-order valence-corrected chi connectivity index (χ3v) is 5.33. The van der Waals surface area contributed by atoms with E-state index in [2.05, 4.69) is 44.9 Å². The minimum absolute atomic E-state index is 0.0845. The Morgan fingerprint density at radius 2 is 2.35 bits per heavy atom. The summed E-state index contributed by atoms with van der Waals surface area (Å²) in [6.07, 6.45) is 2.74. The fourth-order valence-electron chi connectivity index (χ4n) is 1.63. The lowest BCUT2D eigenvalue weighted by Gasteiger charge is -2.08. The molecule has 0 spiro atoms. The number of nitrogens with zero attached hydrogens (tertiary/aromatic N) is 2. The quantitative estimate of drug-likeness (QED) is 0.399. The van der Waals surface area contributed by atoms with Crippen molar-refractivity contribution in [1.29, 1.82) is 0 Å². The van der Waals surface area contributed by atoms with Gasteiger partial charge < -0.3 is 4.74 Å². The van der Waals surface area contributed by atoms with E-state index in [1.54, 1.807) is 6.08 Å². The van der Waals surface area contributed by atoms with Gasteiger partial charge in [-0.15, -0.1) is 16.8 Å². The first kappa shape index (κ1) is 18.0. The second kappa shape index (κ2) is 9.05. The third-order valence-electron chi connectivity index (χ3n) is 2.74. The van der Waals surface area contributed by atoms with Gasteiger partial charge in [0.2, 0.25) is 5.13 Å². The molecule has 0 saturated carbocycles. The summed E-state index contributed by atoms with van der Waals surface area (Å²) in [5, 5.41) is 11.0. The number of halogens is 1. The normalized spacial score (nSPS) is 10.3. The Kier molecular flexibility index (Phi) is 7.07. The summed E-state index contributed by atoms with van der Waals surface area (Å²) in [4.78, 5) is 11.9. The van der Waals surface area contributed by atoms with E-state index in [0.717, 1.165) is 21.0 Å². The lowest BCUT2D eigenvalue weighted by molar-refractivity contribution is -0.118. The summed E-state index contributed by atoms with van der Waals surface area (Å²) in [5.74, 6) is 1.12. The minimum atomic E-state index is -0.270. The summed E-state index contributed by atoms with van der Waals surface area (Å²) in [6, 6.07) is 5.82. The van der Waals surface area contributed by atoms with Crippen LogP contribution < -0.4 is 10.1 Å². The maximum atomic E-state index is 11.9. The Hall–Kier alpha value is -1.38. The van der Waals surface area contributed by atoms with Crippen LogP contribution in [0.2, 0.25) is 0 Å². The standard InChI is InChI=1S/C15H16BrN3O2S2/c1-3-7-22-15-19-18-14(23-15)17-13(20)9-21-12-6-5-10(4-2)8-11(12)16/h3,5-6,8H,1,4,7,9H2,2H3,(H,17,18,20). The number of carbonyl (C=O) groups excluding carboxylic acids is 1. The molecule has 0 aliphatic heterocycles. The number of ether oxygens (including phenoxy) is 1. The molecule has 1 heterocycles. The number of nitrogens with one attached hydrogen (secondary N) is 1. The molecular weight excluding hydrogens is 398 g/mol. The van der Waals surface area contributed by atoms with Crippen molar-refractivity contribution in [2.75, 3.05) is 17.7 Å². The first-order valence-electron chi connectivity index (χ1n) is 6.90. The van der Waals surface area contributed by atoms with Crippen LogP contribution in [0, 0.1) is 0 Å². The molecule has 1 amide bonds. The Labute approximate surface area is 151 Å². The van der Waals surface area contributed by atoms with Gasteiger partial charge in [-0.2, -0.15) is 0 Å². The van der Waals surface area contributed by atoms with Crippen molar-refractivity contribution in [2.45, 2.75) is 17.7 Å². The lowest BCUT2D eigenvalue weighted by atomic mass is 10.2. The van der Waals surface area contributed by atoms with E-state index in [4.69, 9.17) is 4.74 Å². The molecule has 0 aliphatic rings. The molecule has 1 N–H and O–H groups in total. The van der Waals surface area contributed by atoms with Crippen LogP contribution in [0.25, 0.3) is 0 Å². The summed E-state index contributed by atoms with van der Waals surface area (Å²) in [6.45, 7) is 5.65. The number of carbonyl (C=O) groups is 1. The van der Waals surface area contributed by atoms with Crippen molar-refractivity contribution < 1.29 is 9.53 Å². The fraction of sp³-hybridized carbons (Fsp3) is 0.267. The Morgan fingerprint density at radius 1 is 1.52 bits per heavy atom. The fourth-order valence-corrected chi connectivity index (χ4v) is 3.70. The molecule has 23 heavy (non-hydrogen) atoms. The van der Waals surface area contributed by atoms with Gasteiger partial charge in [0, 0.05) is 5.75 Å². The van der Waals surface area contributed by atoms with Crippen molar-refractivity contribution in [3.05, 3.63) is 40.9 Å². The molecule has 0 atom stereocenters. The number of hydrogen-bond donors (Lipinski definition) is 1. The molecule has 1 aromatic heterocycles. The van der Waals surface area contributed by atoms with Crippen LogP contribution in [0.15, 0.2) is 39.7 Å². The SMILES string of the molecule is C=CCSc1nnc(NC(=O)COc2ccc(CC)cc2Br)s1. The van der Waals surface area contributed by atoms with E-state index in [0.29, 0.717) is 10.9 Å². The topological polar surface area (TPSA) is 64.1 Å². The van der Waals surface area contributed by atoms with Gasteiger partial charge in [0.1, 0.15) is 5.75 Å². The first-order valence-corrected chi connectivity index (χ1v) is 9.50.